The largest absolute Gasteiger partial charge is 0.506 e. The number of benzene rings is 3. The van der Waals surface area contributed by atoms with Gasteiger partial charge in [0, 0.05) is 17.4 Å². The number of aromatic hydroxyl groups is 1. The first kappa shape index (κ1) is 30.3. The lowest BCUT2D eigenvalue weighted by Gasteiger charge is -2.32. The Kier molecular flexibility index (Phi) is 10.6. The molecule has 0 aromatic heterocycles. The van der Waals surface area contributed by atoms with Crippen molar-refractivity contribution in [1.82, 2.24) is 0 Å². The number of unbranched alkanes of at least 4 members (excludes halogenated alkanes) is 9. The zero-order valence-electron chi connectivity index (χ0n) is 24.3. The van der Waals surface area contributed by atoms with Crippen molar-refractivity contribution in [3.05, 3.63) is 76.9 Å². The molecule has 1 aliphatic carbocycles. The molecule has 1 aliphatic rings. The minimum absolute atomic E-state index is 0.0534. The van der Waals surface area contributed by atoms with Crippen molar-refractivity contribution in [1.29, 1.82) is 0 Å². The number of rotatable bonds is 15. The van der Waals surface area contributed by atoms with Crippen molar-refractivity contribution in [3.63, 3.8) is 0 Å². The highest BCUT2D eigenvalue weighted by Gasteiger charge is 2.36. The van der Waals surface area contributed by atoms with Gasteiger partial charge in [-0.3, -0.25) is 4.79 Å². The standard InChI is InChI=1S/C35H42O6/c1-3-4-5-6-7-8-9-10-11-14-19-41-27-17-18-29-30(20-27)32(21-31(33(29)37)34(38)40-2)35(39)22-25-15-12-13-16-28(25)26(23-35)24-36/h12-13,15-18,20-21,23-24,37,39H,3-11,14,19,22H2,1-2H3. The molecule has 1 atom stereocenters. The van der Waals surface area contributed by atoms with Crippen LogP contribution in [0.5, 0.6) is 11.5 Å². The van der Waals surface area contributed by atoms with Gasteiger partial charge >= 0.3 is 5.97 Å². The quantitative estimate of drug-likeness (QED) is 0.113. The Morgan fingerprint density at radius 1 is 0.927 bits per heavy atom. The highest BCUT2D eigenvalue weighted by molar-refractivity contribution is 6.09. The minimum Gasteiger partial charge on any atom is -0.506 e. The van der Waals surface area contributed by atoms with Crippen molar-refractivity contribution in [2.75, 3.05) is 13.7 Å². The number of hydrogen-bond donors (Lipinski definition) is 2. The molecule has 0 saturated heterocycles. The first-order chi connectivity index (χ1) is 19.9. The zero-order valence-corrected chi connectivity index (χ0v) is 24.3. The maximum atomic E-state index is 12.6. The molecule has 0 aliphatic heterocycles. The van der Waals surface area contributed by atoms with Crippen LogP contribution in [0.15, 0.2) is 54.6 Å². The molecule has 6 heteroatoms. The van der Waals surface area contributed by atoms with Gasteiger partial charge in [-0.15, -0.1) is 0 Å². The van der Waals surface area contributed by atoms with E-state index in [-0.39, 0.29) is 17.7 Å². The first-order valence-corrected chi connectivity index (χ1v) is 14.9. The van der Waals surface area contributed by atoms with Crippen molar-refractivity contribution in [3.8, 4) is 11.5 Å². The van der Waals surface area contributed by atoms with Crippen LogP contribution in [0.4, 0.5) is 0 Å². The number of ether oxygens (including phenoxy) is 2. The second-order valence-corrected chi connectivity index (χ2v) is 11.0. The maximum Gasteiger partial charge on any atom is 0.341 e. The number of aliphatic hydroxyl groups is 1. The number of fused-ring (bicyclic) bond motifs is 2. The van der Waals surface area contributed by atoms with Gasteiger partial charge in [0.05, 0.1) is 13.7 Å². The van der Waals surface area contributed by atoms with Crippen molar-refractivity contribution >= 4 is 28.6 Å². The number of phenols is 1. The number of esters is 1. The van der Waals surface area contributed by atoms with E-state index in [0.29, 0.717) is 34.3 Å². The molecule has 0 radical (unpaired) electrons. The maximum absolute atomic E-state index is 12.6. The Hall–Kier alpha value is -3.64. The molecule has 3 aromatic carbocycles. The molecule has 4 rings (SSSR count). The third-order valence-corrected chi connectivity index (χ3v) is 8.03. The summed E-state index contributed by atoms with van der Waals surface area (Å²) in [6.07, 6.45) is 14.9. The number of carbonyl (C=O) groups is 2. The molecule has 41 heavy (non-hydrogen) atoms. The third kappa shape index (κ3) is 7.17. The van der Waals surface area contributed by atoms with Crippen LogP contribution >= 0.6 is 0 Å². The van der Waals surface area contributed by atoms with Crippen LogP contribution < -0.4 is 4.74 Å². The molecule has 0 heterocycles. The molecule has 0 amide bonds. The summed E-state index contributed by atoms with van der Waals surface area (Å²) >= 11 is 0. The molecule has 1 unspecified atom stereocenters. The number of aldehydes is 1. The van der Waals surface area contributed by atoms with Gasteiger partial charge in [-0.2, -0.15) is 0 Å². The highest BCUT2D eigenvalue weighted by Crippen LogP contribution is 2.44. The molecular formula is C35H42O6. The Labute approximate surface area is 243 Å². The van der Waals surface area contributed by atoms with Crippen molar-refractivity contribution < 1.29 is 29.3 Å². The van der Waals surface area contributed by atoms with Gasteiger partial charge in [-0.05, 0) is 58.8 Å². The summed E-state index contributed by atoms with van der Waals surface area (Å²) in [5, 5.41) is 23.9. The third-order valence-electron chi connectivity index (χ3n) is 8.03. The number of phenolic OH excluding ortho intramolecular Hbond substituents is 1. The van der Waals surface area contributed by atoms with Gasteiger partial charge in [0.1, 0.15) is 28.9 Å². The Morgan fingerprint density at radius 3 is 2.29 bits per heavy atom. The predicted octanol–water partition coefficient (Wildman–Crippen LogP) is 7.66. The predicted molar refractivity (Wildman–Crippen MR) is 162 cm³/mol. The summed E-state index contributed by atoms with van der Waals surface area (Å²) in [4.78, 5) is 24.6. The Balaban J connectivity index is 1.54. The van der Waals surface area contributed by atoms with Crippen LogP contribution in [0, 0.1) is 0 Å². The van der Waals surface area contributed by atoms with Crippen LogP contribution in [0.1, 0.15) is 98.2 Å². The van der Waals surface area contributed by atoms with Gasteiger partial charge in [-0.1, -0.05) is 89.0 Å². The number of hydrogen-bond acceptors (Lipinski definition) is 6. The van der Waals surface area contributed by atoms with E-state index >= 15 is 0 Å². The molecular weight excluding hydrogens is 516 g/mol. The number of methoxy groups -OCH3 is 1. The monoisotopic (exact) mass is 558 g/mol. The summed E-state index contributed by atoms with van der Waals surface area (Å²) in [5.74, 6) is -0.332. The van der Waals surface area contributed by atoms with E-state index in [1.165, 1.54) is 70.6 Å². The minimum atomic E-state index is -1.60. The zero-order chi connectivity index (χ0) is 29.2. The van der Waals surface area contributed by atoms with Gasteiger partial charge in [0.2, 0.25) is 0 Å². The second kappa shape index (κ2) is 14.3. The summed E-state index contributed by atoms with van der Waals surface area (Å²) in [6.45, 7) is 2.81. The topological polar surface area (TPSA) is 93.1 Å². The molecule has 0 fully saturated rings. The normalized spacial score (nSPS) is 16.2. The fourth-order valence-electron chi connectivity index (χ4n) is 5.78. The Morgan fingerprint density at radius 2 is 1.61 bits per heavy atom. The first-order valence-electron chi connectivity index (χ1n) is 14.9. The van der Waals surface area contributed by atoms with Gasteiger partial charge < -0.3 is 19.7 Å². The van der Waals surface area contributed by atoms with E-state index in [1.807, 2.05) is 24.3 Å². The van der Waals surface area contributed by atoms with Crippen molar-refractivity contribution in [2.24, 2.45) is 0 Å². The molecule has 3 aromatic rings. The summed E-state index contributed by atoms with van der Waals surface area (Å²) in [7, 11) is 1.24. The van der Waals surface area contributed by atoms with Gasteiger partial charge in [0.25, 0.3) is 0 Å². The van der Waals surface area contributed by atoms with E-state index < -0.39 is 11.6 Å². The van der Waals surface area contributed by atoms with E-state index in [0.717, 1.165) is 30.3 Å². The summed E-state index contributed by atoms with van der Waals surface area (Å²) in [5.41, 5.74) is 0.682. The molecule has 218 valence electrons. The van der Waals surface area contributed by atoms with E-state index in [1.54, 1.807) is 18.2 Å². The van der Waals surface area contributed by atoms with Crippen molar-refractivity contribution in [2.45, 2.75) is 83.2 Å². The lowest BCUT2D eigenvalue weighted by molar-refractivity contribution is -0.103. The molecule has 6 nitrogen and oxygen atoms in total. The Bertz CT molecular complexity index is 1390. The number of allylic oxidation sites excluding steroid dienone is 1. The van der Waals surface area contributed by atoms with E-state index in [9.17, 15) is 19.8 Å². The summed E-state index contributed by atoms with van der Waals surface area (Å²) < 4.78 is 11.0. The highest BCUT2D eigenvalue weighted by atomic mass is 16.5. The van der Waals surface area contributed by atoms with Crippen LogP contribution in [0.25, 0.3) is 16.3 Å². The molecule has 0 spiro atoms. The van der Waals surface area contributed by atoms with Crippen LogP contribution in [-0.4, -0.2) is 36.2 Å². The van der Waals surface area contributed by atoms with E-state index in [4.69, 9.17) is 9.47 Å². The van der Waals surface area contributed by atoms with Gasteiger partial charge in [-0.25, -0.2) is 4.79 Å². The van der Waals surface area contributed by atoms with Crippen LogP contribution in [0.3, 0.4) is 0 Å². The fourth-order valence-corrected chi connectivity index (χ4v) is 5.78. The fraction of sp³-hybridized carbons (Fsp3) is 0.429. The smallest absolute Gasteiger partial charge is 0.341 e. The van der Waals surface area contributed by atoms with Crippen LogP contribution in [0.2, 0.25) is 0 Å². The van der Waals surface area contributed by atoms with E-state index in [2.05, 4.69) is 6.92 Å². The second-order valence-electron chi connectivity index (χ2n) is 11.0. The average molecular weight is 559 g/mol. The lowest BCUT2D eigenvalue weighted by atomic mass is 9.76. The van der Waals surface area contributed by atoms with Crippen LogP contribution in [-0.2, 0) is 21.6 Å². The molecule has 2 N–H and O–H groups in total. The lowest BCUT2D eigenvalue weighted by Crippen LogP contribution is -2.30. The van der Waals surface area contributed by atoms with Gasteiger partial charge in [0.15, 0.2) is 0 Å². The SMILES string of the molecule is CCCCCCCCCCCCOc1ccc2c(O)c(C(=O)OC)cc(C3(O)C=C(C=O)c4ccccc4C3)c2c1. The molecule has 0 bridgehead atoms. The molecule has 0 saturated carbocycles. The number of carbonyl (C=O) groups excluding carboxylic acids is 2. The summed E-state index contributed by atoms with van der Waals surface area (Å²) in [6, 6.07) is 14.1. The average Bonchev–Trinajstić information content (AvgIpc) is 2.99.